The fourth-order valence-corrected chi connectivity index (χ4v) is 2.14. The molecule has 1 aromatic heterocycles. The van der Waals surface area contributed by atoms with E-state index in [-0.39, 0.29) is 36.0 Å². The van der Waals surface area contributed by atoms with Crippen LogP contribution >= 0.6 is 12.4 Å². The highest BCUT2D eigenvalue weighted by Gasteiger charge is 2.41. The summed E-state index contributed by atoms with van der Waals surface area (Å²) in [5.74, 6) is 0.307. The van der Waals surface area contributed by atoms with Crippen molar-refractivity contribution in [2.24, 2.45) is 11.7 Å². The van der Waals surface area contributed by atoms with Gasteiger partial charge in [-0.05, 0) is 31.7 Å². The fraction of sp³-hybridized carbons (Fsp3) is 0.538. The van der Waals surface area contributed by atoms with Crippen LogP contribution in [0.2, 0.25) is 0 Å². The molecule has 1 aliphatic carbocycles. The summed E-state index contributed by atoms with van der Waals surface area (Å²) in [7, 11) is 0. The minimum atomic E-state index is -0.338. The summed E-state index contributed by atoms with van der Waals surface area (Å²) in [5, 5.41) is 2.96. The van der Waals surface area contributed by atoms with Crippen molar-refractivity contribution in [2.45, 2.75) is 31.8 Å². The third kappa shape index (κ3) is 3.81. The number of rotatable bonds is 5. The van der Waals surface area contributed by atoms with Gasteiger partial charge in [0.2, 0.25) is 5.91 Å². The highest BCUT2D eigenvalue weighted by atomic mass is 35.5. The number of hydrogen-bond acceptors (Lipinski definition) is 3. The number of nitrogens with zero attached hydrogens (tertiary/aromatic N) is 1. The van der Waals surface area contributed by atoms with E-state index in [1.165, 1.54) is 10.6 Å². The highest BCUT2D eigenvalue weighted by molar-refractivity contribution is 5.85. The van der Waals surface area contributed by atoms with Crippen molar-refractivity contribution in [1.29, 1.82) is 0 Å². The molecule has 3 N–H and O–H groups in total. The van der Waals surface area contributed by atoms with Crippen LogP contribution in [-0.4, -0.2) is 22.6 Å². The normalized spacial score (nSPS) is 17.2. The van der Waals surface area contributed by atoms with Gasteiger partial charge in [-0.2, -0.15) is 0 Å². The highest BCUT2D eigenvalue weighted by Crippen LogP contribution is 2.38. The van der Waals surface area contributed by atoms with E-state index in [1.807, 2.05) is 6.92 Å². The first-order chi connectivity index (χ1) is 8.55. The summed E-state index contributed by atoms with van der Waals surface area (Å²) in [6.45, 7) is 2.44. The largest absolute Gasteiger partial charge is 0.348 e. The molecule has 0 aromatic carbocycles. The summed E-state index contributed by atoms with van der Waals surface area (Å²) in [5.41, 5.74) is 5.23. The zero-order valence-electron chi connectivity index (χ0n) is 11.0. The van der Waals surface area contributed by atoms with Crippen LogP contribution in [0.4, 0.5) is 0 Å². The van der Waals surface area contributed by atoms with Crippen LogP contribution in [-0.2, 0) is 11.3 Å². The molecule has 0 bridgehead atoms. The second kappa shape index (κ2) is 6.21. The lowest BCUT2D eigenvalue weighted by Crippen LogP contribution is -2.54. The van der Waals surface area contributed by atoms with E-state index in [2.05, 4.69) is 5.32 Å². The van der Waals surface area contributed by atoms with Gasteiger partial charge in [-0.3, -0.25) is 9.59 Å². The van der Waals surface area contributed by atoms with Gasteiger partial charge < -0.3 is 15.6 Å². The Morgan fingerprint density at radius 2 is 2.21 bits per heavy atom. The number of nitrogens with one attached hydrogen (secondary N) is 1. The fourth-order valence-electron chi connectivity index (χ4n) is 2.14. The SMILES string of the molecule is CC(CN)(NC(=O)Cn1ccccc1=O)C1CC1.Cl. The van der Waals surface area contributed by atoms with E-state index in [0.29, 0.717) is 12.5 Å². The standard InChI is InChI=1S/C13H19N3O2.ClH/c1-13(9-14,10-5-6-10)15-11(17)8-16-7-3-2-4-12(16)18;/h2-4,7,10H,5-6,8-9,14H2,1H3,(H,15,17);1H. The summed E-state index contributed by atoms with van der Waals surface area (Å²) >= 11 is 0. The number of nitrogens with two attached hydrogens (primary N) is 1. The molecule has 1 aliphatic rings. The first-order valence-electron chi connectivity index (χ1n) is 6.22. The number of amides is 1. The van der Waals surface area contributed by atoms with Crippen LogP contribution in [0.3, 0.4) is 0 Å². The molecule has 1 heterocycles. The molecule has 1 amide bonds. The molecule has 1 atom stereocenters. The van der Waals surface area contributed by atoms with Gasteiger partial charge in [-0.1, -0.05) is 6.07 Å². The lowest BCUT2D eigenvalue weighted by molar-refractivity contribution is -0.123. The summed E-state index contributed by atoms with van der Waals surface area (Å²) in [6, 6.07) is 4.83. The van der Waals surface area contributed by atoms with Gasteiger partial charge in [-0.15, -0.1) is 12.4 Å². The van der Waals surface area contributed by atoms with Crippen molar-refractivity contribution in [3.63, 3.8) is 0 Å². The molecule has 1 saturated carbocycles. The van der Waals surface area contributed by atoms with E-state index in [1.54, 1.807) is 18.3 Å². The van der Waals surface area contributed by atoms with Crippen molar-refractivity contribution in [3.8, 4) is 0 Å². The molecular weight excluding hydrogens is 266 g/mol. The summed E-state index contributed by atoms with van der Waals surface area (Å²) in [6.07, 6.45) is 3.83. The van der Waals surface area contributed by atoms with Gasteiger partial charge in [0.05, 0.1) is 5.54 Å². The molecule has 0 spiro atoms. The van der Waals surface area contributed by atoms with Gasteiger partial charge in [0.1, 0.15) is 6.54 Å². The lowest BCUT2D eigenvalue weighted by atomic mass is 9.96. The molecule has 0 aliphatic heterocycles. The average Bonchev–Trinajstić information content (AvgIpc) is 3.16. The Kier molecular flexibility index (Phi) is 5.14. The van der Waals surface area contributed by atoms with E-state index in [0.717, 1.165) is 12.8 Å². The van der Waals surface area contributed by atoms with Crippen LogP contribution in [0.15, 0.2) is 29.2 Å². The number of carbonyl (C=O) groups excluding carboxylic acids is 1. The topological polar surface area (TPSA) is 77.1 Å². The summed E-state index contributed by atoms with van der Waals surface area (Å²) < 4.78 is 1.39. The Morgan fingerprint density at radius 3 is 2.74 bits per heavy atom. The second-order valence-electron chi connectivity index (χ2n) is 5.11. The Bertz CT molecular complexity index is 499. The monoisotopic (exact) mass is 285 g/mol. The molecule has 5 nitrogen and oxygen atoms in total. The van der Waals surface area contributed by atoms with E-state index in [9.17, 15) is 9.59 Å². The molecule has 0 saturated heterocycles. The molecule has 2 rings (SSSR count). The van der Waals surface area contributed by atoms with E-state index >= 15 is 0 Å². The Balaban J connectivity index is 0.00000180. The molecule has 106 valence electrons. The van der Waals surface area contributed by atoms with Crippen molar-refractivity contribution in [3.05, 3.63) is 34.7 Å². The molecular formula is C13H20ClN3O2. The van der Waals surface area contributed by atoms with Crippen molar-refractivity contribution in [2.75, 3.05) is 6.54 Å². The van der Waals surface area contributed by atoms with Gasteiger partial charge in [0.25, 0.3) is 5.56 Å². The second-order valence-corrected chi connectivity index (χ2v) is 5.11. The molecule has 1 unspecified atom stereocenters. The molecule has 19 heavy (non-hydrogen) atoms. The molecule has 0 radical (unpaired) electrons. The number of aromatic nitrogens is 1. The quantitative estimate of drug-likeness (QED) is 0.828. The van der Waals surface area contributed by atoms with Crippen molar-refractivity contribution < 1.29 is 4.79 Å². The van der Waals surface area contributed by atoms with Gasteiger partial charge >= 0.3 is 0 Å². The zero-order chi connectivity index (χ0) is 13.2. The van der Waals surface area contributed by atoms with Crippen LogP contribution in [0.1, 0.15) is 19.8 Å². The minimum Gasteiger partial charge on any atom is -0.348 e. The van der Waals surface area contributed by atoms with Crippen molar-refractivity contribution in [1.82, 2.24) is 9.88 Å². The van der Waals surface area contributed by atoms with E-state index < -0.39 is 0 Å². The Morgan fingerprint density at radius 1 is 1.53 bits per heavy atom. The Labute approximate surface area is 118 Å². The Hall–Kier alpha value is -1.33. The first kappa shape index (κ1) is 15.7. The maximum absolute atomic E-state index is 11.9. The van der Waals surface area contributed by atoms with E-state index in [4.69, 9.17) is 5.73 Å². The number of pyridine rings is 1. The maximum atomic E-state index is 11.9. The van der Waals surface area contributed by atoms with Crippen LogP contribution in [0, 0.1) is 5.92 Å². The molecule has 6 heteroatoms. The number of hydrogen-bond donors (Lipinski definition) is 2. The smallest absolute Gasteiger partial charge is 0.250 e. The van der Waals surface area contributed by atoms with Gasteiger partial charge in [0, 0.05) is 18.8 Å². The number of halogens is 1. The predicted molar refractivity (Wildman–Crippen MR) is 76.3 cm³/mol. The third-order valence-corrected chi connectivity index (χ3v) is 3.54. The third-order valence-electron chi connectivity index (χ3n) is 3.54. The number of carbonyl (C=O) groups is 1. The predicted octanol–water partition coefficient (Wildman–Crippen LogP) is 0.514. The maximum Gasteiger partial charge on any atom is 0.250 e. The minimum absolute atomic E-state index is 0. The average molecular weight is 286 g/mol. The lowest BCUT2D eigenvalue weighted by Gasteiger charge is -2.29. The van der Waals surface area contributed by atoms with Crippen LogP contribution < -0.4 is 16.6 Å². The molecule has 1 aromatic rings. The van der Waals surface area contributed by atoms with Crippen molar-refractivity contribution >= 4 is 18.3 Å². The van der Waals surface area contributed by atoms with Gasteiger partial charge in [-0.25, -0.2) is 0 Å². The zero-order valence-corrected chi connectivity index (χ0v) is 11.8. The van der Waals surface area contributed by atoms with Crippen LogP contribution in [0.5, 0.6) is 0 Å². The first-order valence-corrected chi connectivity index (χ1v) is 6.22. The van der Waals surface area contributed by atoms with Gasteiger partial charge in [0.15, 0.2) is 0 Å². The van der Waals surface area contributed by atoms with Crippen LogP contribution in [0.25, 0.3) is 0 Å². The summed E-state index contributed by atoms with van der Waals surface area (Å²) in [4.78, 5) is 23.4. The molecule has 1 fully saturated rings.